The predicted octanol–water partition coefficient (Wildman–Crippen LogP) is 11.1. The molecule has 0 fully saturated rings. The van der Waals surface area contributed by atoms with Gasteiger partial charge in [0.1, 0.15) is 17.1 Å². The first-order chi connectivity index (χ1) is 18.1. The van der Waals surface area contributed by atoms with Crippen molar-refractivity contribution in [2.45, 2.75) is 131 Å². The summed E-state index contributed by atoms with van der Waals surface area (Å²) in [5.41, 5.74) is 8.42. The Hall–Kier alpha value is -2.48. The van der Waals surface area contributed by atoms with Gasteiger partial charge in [-0.1, -0.05) is 58.2 Å². The Bertz CT molecular complexity index is 1030. The summed E-state index contributed by atoms with van der Waals surface area (Å²) < 4.78 is 6.32. The molecule has 0 bridgehead atoms. The van der Waals surface area contributed by atoms with E-state index in [4.69, 9.17) is 4.74 Å². The van der Waals surface area contributed by atoms with E-state index in [1.54, 1.807) is 6.07 Å². The molecule has 2 heteroatoms. The number of hydrogen-bond acceptors (Lipinski definition) is 2. The molecule has 0 saturated heterocycles. The van der Waals surface area contributed by atoms with E-state index in [9.17, 15) is 5.11 Å². The number of aromatic hydroxyl groups is 1. The second kappa shape index (κ2) is 16.5. The van der Waals surface area contributed by atoms with Crippen molar-refractivity contribution in [3.05, 3.63) is 82.0 Å². The number of benzene rings is 1. The number of phenolic OH excluding ortho intramolecular Hbond substituents is 1. The van der Waals surface area contributed by atoms with E-state index >= 15 is 0 Å². The molecular formula is C36H54O2. The van der Waals surface area contributed by atoms with Crippen molar-refractivity contribution in [1.82, 2.24) is 0 Å². The fourth-order valence-corrected chi connectivity index (χ4v) is 5.01. The van der Waals surface area contributed by atoms with Gasteiger partial charge in [0.2, 0.25) is 0 Å². The number of phenols is 1. The lowest BCUT2D eigenvalue weighted by Crippen LogP contribution is -2.36. The minimum atomic E-state index is -0.122. The number of fused-ring (bicyclic) bond motifs is 1. The zero-order chi connectivity index (χ0) is 28.0. The molecule has 2 nitrogen and oxygen atoms in total. The summed E-state index contributed by atoms with van der Waals surface area (Å²) in [7, 11) is 0. The molecule has 1 heterocycles. The van der Waals surface area contributed by atoms with Crippen molar-refractivity contribution in [2.24, 2.45) is 0 Å². The van der Waals surface area contributed by atoms with Gasteiger partial charge in [0.25, 0.3) is 0 Å². The van der Waals surface area contributed by atoms with Gasteiger partial charge in [-0.05, 0) is 149 Å². The van der Waals surface area contributed by atoms with Crippen LogP contribution in [-0.4, -0.2) is 10.7 Å². The SMILES string of the molecule is CC(C)=CCCC(C)=CCCC(C)=CCCC(C)=CCCC(C)=CCC[C@@]1(C)CCc2cc(O)ccc2O1. The lowest BCUT2D eigenvalue weighted by atomic mass is 9.88. The van der Waals surface area contributed by atoms with E-state index in [-0.39, 0.29) is 5.60 Å². The Morgan fingerprint density at radius 3 is 1.71 bits per heavy atom. The Morgan fingerprint density at radius 1 is 0.737 bits per heavy atom. The molecule has 38 heavy (non-hydrogen) atoms. The van der Waals surface area contributed by atoms with Crippen LogP contribution in [0.1, 0.15) is 125 Å². The Balaban J connectivity index is 1.63. The van der Waals surface area contributed by atoms with Crippen LogP contribution in [0.2, 0.25) is 0 Å². The zero-order valence-electron chi connectivity index (χ0n) is 25.5. The fourth-order valence-electron chi connectivity index (χ4n) is 5.01. The summed E-state index contributed by atoms with van der Waals surface area (Å²) in [6, 6.07) is 5.46. The van der Waals surface area contributed by atoms with Gasteiger partial charge in [0, 0.05) is 0 Å². The number of rotatable bonds is 15. The molecule has 1 aromatic carbocycles. The average molecular weight is 519 g/mol. The van der Waals surface area contributed by atoms with Gasteiger partial charge >= 0.3 is 0 Å². The second-order valence-electron chi connectivity index (χ2n) is 12.0. The highest BCUT2D eigenvalue weighted by Gasteiger charge is 2.30. The smallest absolute Gasteiger partial charge is 0.123 e. The summed E-state index contributed by atoms with van der Waals surface area (Å²) >= 11 is 0. The molecule has 0 radical (unpaired) electrons. The van der Waals surface area contributed by atoms with Gasteiger partial charge in [-0.25, -0.2) is 0 Å². The molecular weight excluding hydrogens is 464 g/mol. The van der Waals surface area contributed by atoms with Gasteiger partial charge in [0.15, 0.2) is 0 Å². The molecule has 1 aromatic rings. The predicted molar refractivity (Wildman–Crippen MR) is 166 cm³/mol. The molecule has 1 N–H and O–H groups in total. The summed E-state index contributed by atoms with van der Waals surface area (Å²) in [6.07, 6.45) is 25.3. The topological polar surface area (TPSA) is 29.5 Å². The summed E-state index contributed by atoms with van der Waals surface area (Å²) in [6.45, 7) is 15.6. The summed E-state index contributed by atoms with van der Waals surface area (Å²) in [4.78, 5) is 0. The maximum atomic E-state index is 9.69. The van der Waals surface area contributed by atoms with Crippen LogP contribution >= 0.6 is 0 Å². The van der Waals surface area contributed by atoms with Gasteiger partial charge in [-0.3, -0.25) is 0 Å². The Morgan fingerprint density at radius 2 is 1.21 bits per heavy atom. The maximum Gasteiger partial charge on any atom is 0.123 e. The van der Waals surface area contributed by atoms with Crippen LogP contribution in [0, 0.1) is 0 Å². The largest absolute Gasteiger partial charge is 0.508 e. The number of aryl methyl sites for hydroxylation is 1. The molecule has 0 aromatic heterocycles. The highest BCUT2D eigenvalue weighted by molar-refractivity contribution is 5.41. The van der Waals surface area contributed by atoms with Crippen LogP contribution in [-0.2, 0) is 6.42 Å². The highest BCUT2D eigenvalue weighted by atomic mass is 16.5. The summed E-state index contributed by atoms with van der Waals surface area (Å²) in [5, 5.41) is 9.69. The molecule has 0 saturated carbocycles. The van der Waals surface area contributed by atoms with E-state index in [1.165, 1.54) is 40.7 Å². The van der Waals surface area contributed by atoms with Gasteiger partial charge < -0.3 is 9.84 Å². The quantitative estimate of drug-likeness (QED) is 0.234. The minimum Gasteiger partial charge on any atom is -0.508 e. The van der Waals surface area contributed by atoms with E-state index in [0.29, 0.717) is 5.75 Å². The Kier molecular flexibility index (Phi) is 13.8. The molecule has 0 aliphatic carbocycles. The normalized spacial score (nSPS) is 18.7. The van der Waals surface area contributed by atoms with Crippen molar-refractivity contribution in [3.63, 3.8) is 0 Å². The third-order valence-corrected chi connectivity index (χ3v) is 7.68. The average Bonchev–Trinajstić information content (AvgIpc) is 2.84. The van der Waals surface area contributed by atoms with Crippen molar-refractivity contribution in [2.75, 3.05) is 0 Å². The van der Waals surface area contributed by atoms with Crippen molar-refractivity contribution in [1.29, 1.82) is 0 Å². The zero-order valence-corrected chi connectivity index (χ0v) is 25.5. The molecule has 1 atom stereocenters. The number of ether oxygens (including phenoxy) is 1. The molecule has 0 unspecified atom stereocenters. The molecule has 1 aliphatic rings. The van der Waals surface area contributed by atoms with Crippen molar-refractivity contribution >= 4 is 0 Å². The third kappa shape index (κ3) is 12.9. The van der Waals surface area contributed by atoms with E-state index < -0.39 is 0 Å². The van der Waals surface area contributed by atoms with E-state index in [1.807, 2.05) is 12.1 Å². The minimum absolute atomic E-state index is 0.122. The van der Waals surface area contributed by atoms with Crippen molar-refractivity contribution < 1.29 is 9.84 Å². The molecule has 2 rings (SSSR count). The first kappa shape index (κ1) is 31.7. The van der Waals surface area contributed by atoms with Crippen LogP contribution in [0.5, 0.6) is 11.5 Å². The number of allylic oxidation sites excluding steroid dienone is 10. The first-order valence-electron chi connectivity index (χ1n) is 14.8. The third-order valence-electron chi connectivity index (χ3n) is 7.68. The summed E-state index contributed by atoms with van der Waals surface area (Å²) in [5.74, 6) is 1.26. The van der Waals surface area contributed by atoms with Crippen molar-refractivity contribution in [3.8, 4) is 11.5 Å². The van der Waals surface area contributed by atoms with Crippen LogP contribution in [0.4, 0.5) is 0 Å². The molecule has 1 aliphatic heterocycles. The van der Waals surface area contributed by atoms with E-state index in [0.717, 1.165) is 75.5 Å². The maximum absolute atomic E-state index is 9.69. The van der Waals surface area contributed by atoms with Gasteiger partial charge in [-0.2, -0.15) is 0 Å². The van der Waals surface area contributed by atoms with Gasteiger partial charge in [0.05, 0.1) is 0 Å². The molecule has 0 amide bonds. The van der Waals surface area contributed by atoms with Crippen LogP contribution < -0.4 is 4.74 Å². The van der Waals surface area contributed by atoms with Gasteiger partial charge in [-0.15, -0.1) is 0 Å². The molecule has 0 spiro atoms. The monoisotopic (exact) mass is 518 g/mol. The van der Waals surface area contributed by atoms with Crippen LogP contribution in [0.15, 0.2) is 76.4 Å². The van der Waals surface area contributed by atoms with Crippen LogP contribution in [0.25, 0.3) is 0 Å². The standard InChI is InChI=1S/C36H54O2/c1-28(2)13-8-14-29(3)15-9-16-30(4)17-10-18-31(5)19-11-20-32(6)21-12-25-36(7)26-24-33-27-34(37)22-23-35(33)38-36/h13,15,17,19,21-23,27,37H,8-12,14,16,18,20,24-26H2,1-7H3/t36-/m0/s1. The second-order valence-corrected chi connectivity index (χ2v) is 12.0. The highest BCUT2D eigenvalue weighted by Crippen LogP contribution is 2.37. The first-order valence-corrected chi connectivity index (χ1v) is 14.8. The fraction of sp³-hybridized carbons (Fsp3) is 0.556. The lowest BCUT2D eigenvalue weighted by molar-refractivity contribution is 0.0570. The Labute approximate surface area is 234 Å². The van der Waals surface area contributed by atoms with Crippen LogP contribution in [0.3, 0.4) is 0 Å². The number of hydrogen-bond donors (Lipinski definition) is 1. The van der Waals surface area contributed by atoms with E-state index in [2.05, 4.69) is 78.8 Å². The molecule has 210 valence electrons. The lowest BCUT2D eigenvalue weighted by Gasteiger charge is -2.35.